The van der Waals surface area contributed by atoms with Crippen molar-refractivity contribution in [3.63, 3.8) is 0 Å². The first-order valence-corrected chi connectivity index (χ1v) is 10.4. The molecule has 0 aromatic carbocycles. The summed E-state index contributed by atoms with van der Waals surface area (Å²) in [7, 11) is 1.38. The monoisotopic (exact) mass is 427 g/mol. The lowest BCUT2D eigenvalue weighted by Crippen LogP contribution is -2.51. The lowest BCUT2D eigenvalue weighted by atomic mass is 9.95. The molecule has 2 N–H and O–H groups in total. The predicted molar refractivity (Wildman–Crippen MR) is 111 cm³/mol. The molecule has 0 saturated carbocycles. The molecule has 1 aliphatic carbocycles. The standard InChI is InChI=1S/C21H21N3O5S/c1-10-8-12(9-14-17(25)22-21(28)23-18(14)26)11(2)24(10)19-16(20(27)29-3)13-6-4-5-7-15(13)30-19/h8-9H,4-7H2,1-3H3,(H2,22,23,25,26,28). The van der Waals surface area contributed by atoms with Gasteiger partial charge in [0.1, 0.15) is 10.6 Å². The van der Waals surface area contributed by atoms with Gasteiger partial charge in [-0.3, -0.25) is 20.2 Å². The molecule has 0 spiro atoms. The smallest absolute Gasteiger partial charge is 0.341 e. The van der Waals surface area contributed by atoms with Gasteiger partial charge in [-0.1, -0.05) is 0 Å². The molecule has 1 saturated heterocycles. The van der Waals surface area contributed by atoms with E-state index in [1.807, 2.05) is 24.5 Å². The highest BCUT2D eigenvalue weighted by Gasteiger charge is 2.30. The zero-order chi connectivity index (χ0) is 21.6. The van der Waals surface area contributed by atoms with Crippen molar-refractivity contribution in [2.45, 2.75) is 39.5 Å². The number of aryl methyl sites for hydroxylation is 2. The molecular weight excluding hydrogens is 406 g/mol. The largest absolute Gasteiger partial charge is 0.465 e. The van der Waals surface area contributed by atoms with Gasteiger partial charge in [0, 0.05) is 16.3 Å². The maximum atomic E-state index is 12.6. The quantitative estimate of drug-likeness (QED) is 0.445. The van der Waals surface area contributed by atoms with E-state index in [4.69, 9.17) is 4.74 Å². The molecule has 8 nitrogen and oxygen atoms in total. The van der Waals surface area contributed by atoms with Crippen LogP contribution in [-0.2, 0) is 27.2 Å². The van der Waals surface area contributed by atoms with E-state index in [2.05, 4.69) is 10.6 Å². The van der Waals surface area contributed by atoms with Gasteiger partial charge in [-0.15, -0.1) is 11.3 Å². The van der Waals surface area contributed by atoms with Gasteiger partial charge in [0.25, 0.3) is 11.8 Å². The molecular formula is C21H21N3O5S. The second-order valence-corrected chi connectivity index (χ2v) is 8.42. The fourth-order valence-electron chi connectivity index (χ4n) is 4.03. The first kappa shape index (κ1) is 20.1. The number of ether oxygens (including phenoxy) is 1. The van der Waals surface area contributed by atoms with E-state index in [1.54, 1.807) is 11.3 Å². The van der Waals surface area contributed by atoms with Gasteiger partial charge in [-0.05, 0) is 62.8 Å². The van der Waals surface area contributed by atoms with Gasteiger partial charge in [-0.2, -0.15) is 0 Å². The first-order valence-electron chi connectivity index (χ1n) is 9.62. The van der Waals surface area contributed by atoms with Gasteiger partial charge in [0.05, 0.1) is 12.7 Å². The zero-order valence-electron chi connectivity index (χ0n) is 16.9. The third kappa shape index (κ3) is 3.24. The maximum absolute atomic E-state index is 12.6. The van der Waals surface area contributed by atoms with Crippen molar-refractivity contribution in [2.24, 2.45) is 0 Å². The van der Waals surface area contributed by atoms with Crippen LogP contribution in [-0.4, -0.2) is 35.5 Å². The van der Waals surface area contributed by atoms with Crippen LogP contribution in [0.2, 0.25) is 0 Å². The van der Waals surface area contributed by atoms with Crippen molar-refractivity contribution >= 4 is 41.2 Å². The number of hydrogen-bond acceptors (Lipinski definition) is 6. The highest BCUT2D eigenvalue weighted by molar-refractivity contribution is 7.15. The minimum absolute atomic E-state index is 0.145. The van der Waals surface area contributed by atoms with Gasteiger partial charge in [-0.25, -0.2) is 9.59 Å². The second-order valence-electron chi connectivity index (χ2n) is 7.34. The third-order valence-electron chi connectivity index (χ3n) is 5.46. The van der Waals surface area contributed by atoms with Crippen LogP contribution >= 0.6 is 11.3 Å². The van der Waals surface area contributed by atoms with Crippen LogP contribution in [0.15, 0.2) is 11.6 Å². The topological polar surface area (TPSA) is 106 Å². The van der Waals surface area contributed by atoms with E-state index in [1.165, 1.54) is 18.1 Å². The second kappa shape index (κ2) is 7.56. The van der Waals surface area contributed by atoms with E-state index in [-0.39, 0.29) is 11.5 Å². The Morgan fingerprint density at radius 3 is 2.47 bits per heavy atom. The molecule has 0 bridgehead atoms. The molecule has 9 heteroatoms. The number of hydrogen-bond donors (Lipinski definition) is 2. The number of rotatable bonds is 3. The highest BCUT2D eigenvalue weighted by Crippen LogP contribution is 2.39. The number of barbiturate groups is 1. The fourth-order valence-corrected chi connectivity index (χ4v) is 5.52. The van der Waals surface area contributed by atoms with E-state index in [0.29, 0.717) is 11.1 Å². The number of esters is 1. The van der Waals surface area contributed by atoms with Gasteiger partial charge >= 0.3 is 12.0 Å². The summed E-state index contributed by atoms with van der Waals surface area (Å²) < 4.78 is 7.04. The average molecular weight is 427 g/mol. The normalized spacial score (nSPS) is 16.1. The van der Waals surface area contributed by atoms with Crippen LogP contribution in [0.5, 0.6) is 0 Å². The van der Waals surface area contributed by atoms with Crippen LogP contribution < -0.4 is 10.6 Å². The highest BCUT2D eigenvalue weighted by atomic mass is 32.1. The number of urea groups is 1. The van der Waals surface area contributed by atoms with Crippen molar-refractivity contribution in [2.75, 3.05) is 7.11 Å². The molecule has 1 aliphatic heterocycles. The summed E-state index contributed by atoms with van der Waals surface area (Å²) in [4.78, 5) is 49.3. The maximum Gasteiger partial charge on any atom is 0.341 e. The summed E-state index contributed by atoms with van der Waals surface area (Å²) in [5.41, 5.74) is 3.80. The number of thiophene rings is 1. The Bertz CT molecular complexity index is 1120. The van der Waals surface area contributed by atoms with E-state index >= 15 is 0 Å². The summed E-state index contributed by atoms with van der Waals surface area (Å²) in [6, 6.07) is 1.01. The molecule has 4 amide bonds. The van der Waals surface area contributed by atoms with Crippen molar-refractivity contribution < 1.29 is 23.9 Å². The molecule has 0 radical (unpaired) electrons. The number of amides is 4. The lowest BCUT2D eigenvalue weighted by Gasteiger charge is -2.14. The molecule has 3 heterocycles. The zero-order valence-corrected chi connectivity index (χ0v) is 17.7. The Balaban J connectivity index is 1.84. The molecule has 4 rings (SSSR count). The molecule has 0 unspecified atom stereocenters. The summed E-state index contributed by atoms with van der Waals surface area (Å²) in [6.07, 6.45) is 5.38. The summed E-state index contributed by atoms with van der Waals surface area (Å²) in [6.45, 7) is 3.77. The minimum Gasteiger partial charge on any atom is -0.465 e. The fraction of sp³-hybridized carbons (Fsp3) is 0.333. The van der Waals surface area contributed by atoms with E-state index < -0.39 is 17.8 Å². The Labute approximate surface area is 176 Å². The van der Waals surface area contributed by atoms with Crippen LogP contribution in [0.1, 0.15) is 50.6 Å². The van der Waals surface area contributed by atoms with E-state index in [0.717, 1.165) is 47.6 Å². The lowest BCUT2D eigenvalue weighted by molar-refractivity contribution is -0.123. The molecule has 2 aromatic heterocycles. The van der Waals surface area contributed by atoms with Crippen molar-refractivity contribution in [3.8, 4) is 5.00 Å². The number of carbonyl (C=O) groups is 4. The number of aromatic nitrogens is 1. The Hall–Kier alpha value is -3.20. The SMILES string of the molecule is COC(=O)c1c(-n2c(C)cc(C=C3C(=O)NC(=O)NC3=O)c2C)sc2c1CCCC2. The van der Waals surface area contributed by atoms with Crippen LogP contribution in [0, 0.1) is 13.8 Å². The number of fused-ring (bicyclic) bond motifs is 1. The molecule has 2 aliphatic rings. The minimum atomic E-state index is -0.834. The number of nitrogens with one attached hydrogen (secondary N) is 2. The van der Waals surface area contributed by atoms with Crippen molar-refractivity contribution in [1.29, 1.82) is 0 Å². The molecule has 0 atom stereocenters. The Kier molecular flexibility index (Phi) is 5.07. The number of carbonyl (C=O) groups excluding carboxylic acids is 4. The predicted octanol–water partition coefficient (Wildman–Crippen LogP) is 2.57. The van der Waals surface area contributed by atoms with Gasteiger partial charge in [0.2, 0.25) is 0 Å². The van der Waals surface area contributed by atoms with E-state index in [9.17, 15) is 19.2 Å². The van der Waals surface area contributed by atoms with Crippen LogP contribution in [0.3, 0.4) is 0 Å². The third-order valence-corrected chi connectivity index (χ3v) is 6.74. The molecule has 2 aromatic rings. The Morgan fingerprint density at radius 1 is 1.13 bits per heavy atom. The Morgan fingerprint density at radius 2 is 1.80 bits per heavy atom. The molecule has 156 valence electrons. The number of methoxy groups -OCH3 is 1. The van der Waals surface area contributed by atoms with Gasteiger partial charge < -0.3 is 9.30 Å². The first-order chi connectivity index (χ1) is 14.3. The van der Waals surface area contributed by atoms with Crippen molar-refractivity contribution in [3.05, 3.63) is 44.6 Å². The average Bonchev–Trinajstić information content (AvgIpc) is 3.20. The number of imide groups is 2. The van der Waals surface area contributed by atoms with Crippen LogP contribution in [0.25, 0.3) is 11.1 Å². The van der Waals surface area contributed by atoms with Crippen LogP contribution in [0.4, 0.5) is 4.79 Å². The number of nitrogens with zero attached hydrogens (tertiary/aromatic N) is 1. The summed E-state index contributed by atoms with van der Waals surface area (Å²) in [5.74, 6) is -1.84. The molecule has 30 heavy (non-hydrogen) atoms. The van der Waals surface area contributed by atoms with Crippen molar-refractivity contribution in [1.82, 2.24) is 15.2 Å². The summed E-state index contributed by atoms with van der Waals surface area (Å²) in [5, 5.41) is 4.94. The summed E-state index contributed by atoms with van der Waals surface area (Å²) >= 11 is 1.59. The molecule has 1 fully saturated rings. The van der Waals surface area contributed by atoms with Gasteiger partial charge in [0.15, 0.2) is 0 Å².